The van der Waals surface area contributed by atoms with E-state index in [1.165, 1.54) is 0 Å². The van der Waals surface area contributed by atoms with Gasteiger partial charge in [-0.05, 0) is 23.6 Å². The molecular formula is C19H27N5O2. The molecule has 1 heterocycles. The molecule has 7 heteroatoms. The molecule has 140 valence electrons. The van der Waals surface area contributed by atoms with Crippen molar-refractivity contribution in [3.8, 4) is 11.1 Å². The van der Waals surface area contributed by atoms with Crippen molar-refractivity contribution in [1.29, 1.82) is 0 Å². The molecule has 0 bridgehead atoms. The Morgan fingerprint density at radius 2 is 2.00 bits per heavy atom. The number of rotatable bonds is 8. The van der Waals surface area contributed by atoms with Gasteiger partial charge in [0.1, 0.15) is 0 Å². The number of aliphatic hydroxyl groups is 1. The SMILES string of the molecule is CC[C@@H](C)[C@@H](N)C(=O)Nc1cccc(-c2cnc(N(C)CCO)nc2)c1. The molecule has 0 aliphatic rings. The zero-order valence-corrected chi connectivity index (χ0v) is 15.5. The summed E-state index contributed by atoms with van der Waals surface area (Å²) in [5, 5.41) is 11.9. The molecule has 0 aliphatic heterocycles. The first kappa shape index (κ1) is 19.8. The predicted octanol–water partition coefficient (Wildman–Crippen LogP) is 1.88. The molecule has 0 radical (unpaired) electrons. The van der Waals surface area contributed by atoms with Gasteiger partial charge in [-0.1, -0.05) is 32.4 Å². The fourth-order valence-corrected chi connectivity index (χ4v) is 2.43. The van der Waals surface area contributed by atoms with Crippen LogP contribution in [-0.2, 0) is 4.79 Å². The van der Waals surface area contributed by atoms with Gasteiger partial charge < -0.3 is 21.1 Å². The zero-order valence-electron chi connectivity index (χ0n) is 15.5. The van der Waals surface area contributed by atoms with Gasteiger partial charge in [-0.3, -0.25) is 4.79 Å². The molecule has 0 spiro atoms. The van der Waals surface area contributed by atoms with Gasteiger partial charge in [0.15, 0.2) is 0 Å². The molecule has 4 N–H and O–H groups in total. The van der Waals surface area contributed by atoms with E-state index in [0.717, 1.165) is 17.5 Å². The summed E-state index contributed by atoms with van der Waals surface area (Å²) in [5.41, 5.74) is 8.41. The quantitative estimate of drug-likeness (QED) is 0.666. The molecule has 1 amide bonds. The van der Waals surface area contributed by atoms with Gasteiger partial charge in [0.2, 0.25) is 11.9 Å². The van der Waals surface area contributed by atoms with Gasteiger partial charge in [-0.15, -0.1) is 0 Å². The highest BCUT2D eigenvalue weighted by Gasteiger charge is 2.19. The number of benzene rings is 1. The van der Waals surface area contributed by atoms with Crippen LogP contribution in [-0.4, -0.2) is 47.2 Å². The Morgan fingerprint density at radius 3 is 2.62 bits per heavy atom. The molecule has 2 rings (SSSR count). The van der Waals surface area contributed by atoms with Crippen molar-refractivity contribution < 1.29 is 9.90 Å². The Kier molecular flexibility index (Phi) is 7.06. The van der Waals surface area contributed by atoms with Gasteiger partial charge in [-0.25, -0.2) is 9.97 Å². The minimum Gasteiger partial charge on any atom is -0.395 e. The molecule has 7 nitrogen and oxygen atoms in total. The Hall–Kier alpha value is -2.51. The van der Waals surface area contributed by atoms with E-state index >= 15 is 0 Å². The summed E-state index contributed by atoms with van der Waals surface area (Å²) in [4.78, 5) is 22.7. The normalized spacial score (nSPS) is 13.1. The van der Waals surface area contributed by atoms with Gasteiger partial charge >= 0.3 is 0 Å². The Morgan fingerprint density at radius 1 is 1.31 bits per heavy atom. The van der Waals surface area contributed by atoms with Crippen molar-refractivity contribution in [1.82, 2.24) is 9.97 Å². The highest BCUT2D eigenvalue weighted by molar-refractivity contribution is 5.95. The third-order valence-electron chi connectivity index (χ3n) is 4.44. The number of anilines is 2. The van der Waals surface area contributed by atoms with E-state index in [-0.39, 0.29) is 18.4 Å². The van der Waals surface area contributed by atoms with Crippen LogP contribution in [0.3, 0.4) is 0 Å². The monoisotopic (exact) mass is 357 g/mol. The second-order valence-corrected chi connectivity index (χ2v) is 6.40. The first-order valence-electron chi connectivity index (χ1n) is 8.77. The first-order valence-corrected chi connectivity index (χ1v) is 8.77. The van der Waals surface area contributed by atoms with Gasteiger partial charge in [-0.2, -0.15) is 0 Å². The predicted molar refractivity (Wildman–Crippen MR) is 104 cm³/mol. The largest absolute Gasteiger partial charge is 0.395 e. The van der Waals surface area contributed by atoms with Crippen LogP contribution in [0.4, 0.5) is 11.6 Å². The number of hydrogen-bond acceptors (Lipinski definition) is 6. The minimum atomic E-state index is -0.534. The van der Waals surface area contributed by atoms with E-state index in [1.807, 2.05) is 45.2 Å². The smallest absolute Gasteiger partial charge is 0.241 e. The van der Waals surface area contributed by atoms with Crippen LogP contribution in [0.5, 0.6) is 0 Å². The Labute approximate surface area is 154 Å². The summed E-state index contributed by atoms with van der Waals surface area (Å²) in [6, 6.07) is 6.96. The number of carbonyl (C=O) groups excluding carboxylic acids is 1. The zero-order chi connectivity index (χ0) is 19.1. The van der Waals surface area contributed by atoms with Crippen LogP contribution >= 0.6 is 0 Å². The highest BCUT2D eigenvalue weighted by atomic mass is 16.3. The third-order valence-corrected chi connectivity index (χ3v) is 4.44. The summed E-state index contributed by atoms with van der Waals surface area (Å²) < 4.78 is 0. The number of carbonyl (C=O) groups is 1. The molecule has 0 unspecified atom stereocenters. The van der Waals surface area contributed by atoms with Crippen LogP contribution in [0.1, 0.15) is 20.3 Å². The molecule has 0 fully saturated rings. The van der Waals surface area contributed by atoms with Crippen LogP contribution in [0.15, 0.2) is 36.7 Å². The highest BCUT2D eigenvalue weighted by Crippen LogP contribution is 2.22. The van der Waals surface area contributed by atoms with Crippen molar-refractivity contribution in [2.75, 3.05) is 30.4 Å². The van der Waals surface area contributed by atoms with Gasteiger partial charge in [0.25, 0.3) is 0 Å². The maximum absolute atomic E-state index is 12.3. The van der Waals surface area contributed by atoms with Crippen molar-refractivity contribution in [3.05, 3.63) is 36.7 Å². The standard InChI is InChI=1S/C19H27N5O2/c1-4-13(2)17(20)18(26)23-16-7-5-6-14(10-16)15-11-21-19(22-12-15)24(3)8-9-25/h5-7,10-13,17,25H,4,8-9,20H2,1-3H3,(H,23,26)/t13-,17-/m1/s1. The molecule has 0 saturated heterocycles. The molecule has 1 aromatic heterocycles. The number of aliphatic hydroxyl groups excluding tert-OH is 1. The minimum absolute atomic E-state index is 0.0438. The van der Waals surface area contributed by atoms with E-state index in [0.29, 0.717) is 18.2 Å². The number of nitrogens with zero attached hydrogens (tertiary/aromatic N) is 3. The molecule has 0 saturated carbocycles. The lowest BCUT2D eigenvalue weighted by Gasteiger charge is -2.18. The summed E-state index contributed by atoms with van der Waals surface area (Å²) in [6.07, 6.45) is 4.30. The lowest BCUT2D eigenvalue weighted by Crippen LogP contribution is -2.40. The molecule has 1 aromatic carbocycles. The number of likely N-dealkylation sites (N-methyl/N-ethyl adjacent to an activating group) is 1. The van der Waals surface area contributed by atoms with Crippen LogP contribution in [0.2, 0.25) is 0 Å². The molecule has 0 aliphatic carbocycles. The average molecular weight is 357 g/mol. The van der Waals surface area contributed by atoms with Gasteiger partial charge in [0, 0.05) is 37.2 Å². The number of nitrogens with one attached hydrogen (secondary N) is 1. The van der Waals surface area contributed by atoms with Crippen molar-refractivity contribution in [2.45, 2.75) is 26.3 Å². The Balaban J connectivity index is 2.12. The fourth-order valence-electron chi connectivity index (χ4n) is 2.43. The van der Waals surface area contributed by atoms with Crippen molar-refractivity contribution >= 4 is 17.5 Å². The first-order chi connectivity index (χ1) is 12.5. The Bertz CT molecular complexity index is 720. The van der Waals surface area contributed by atoms with E-state index in [4.69, 9.17) is 10.8 Å². The van der Waals surface area contributed by atoms with Crippen LogP contribution in [0, 0.1) is 5.92 Å². The summed E-state index contributed by atoms with van der Waals surface area (Å²) >= 11 is 0. The molecule has 2 aromatic rings. The summed E-state index contributed by atoms with van der Waals surface area (Å²) in [5.74, 6) is 0.482. The van der Waals surface area contributed by atoms with E-state index in [2.05, 4.69) is 15.3 Å². The third kappa shape index (κ3) is 5.00. The topological polar surface area (TPSA) is 104 Å². The number of nitrogens with two attached hydrogens (primary N) is 1. The molecule has 26 heavy (non-hydrogen) atoms. The maximum atomic E-state index is 12.3. The summed E-state index contributed by atoms with van der Waals surface area (Å²) in [6.45, 7) is 4.49. The van der Waals surface area contributed by atoms with Crippen LogP contribution < -0.4 is 16.0 Å². The molecular weight excluding hydrogens is 330 g/mol. The average Bonchev–Trinajstić information content (AvgIpc) is 2.67. The second kappa shape index (κ2) is 9.26. The van der Waals surface area contributed by atoms with Gasteiger partial charge in [0.05, 0.1) is 12.6 Å². The van der Waals surface area contributed by atoms with E-state index in [1.54, 1.807) is 17.3 Å². The number of aromatic nitrogens is 2. The number of hydrogen-bond donors (Lipinski definition) is 3. The van der Waals surface area contributed by atoms with Crippen molar-refractivity contribution in [3.63, 3.8) is 0 Å². The fraction of sp³-hybridized carbons (Fsp3) is 0.421. The van der Waals surface area contributed by atoms with Crippen molar-refractivity contribution in [2.24, 2.45) is 11.7 Å². The molecule has 2 atom stereocenters. The maximum Gasteiger partial charge on any atom is 0.241 e. The van der Waals surface area contributed by atoms with E-state index < -0.39 is 6.04 Å². The lowest BCUT2D eigenvalue weighted by atomic mass is 9.99. The number of amides is 1. The van der Waals surface area contributed by atoms with Crippen LogP contribution in [0.25, 0.3) is 11.1 Å². The summed E-state index contributed by atoms with van der Waals surface area (Å²) in [7, 11) is 1.82. The lowest BCUT2D eigenvalue weighted by molar-refractivity contribution is -0.118. The van der Waals surface area contributed by atoms with E-state index in [9.17, 15) is 4.79 Å². The second-order valence-electron chi connectivity index (χ2n) is 6.40.